The predicted molar refractivity (Wildman–Crippen MR) is 363 cm³/mol. The van der Waals surface area contributed by atoms with Gasteiger partial charge in [0.15, 0.2) is 0 Å². The van der Waals surface area contributed by atoms with E-state index in [1.807, 2.05) is 0 Å². The zero-order valence-electron chi connectivity index (χ0n) is 50.5. The molecule has 3 aromatic heterocycles. The highest BCUT2D eigenvalue weighted by atomic mass is 15.0. The van der Waals surface area contributed by atoms with Crippen LogP contribution in [0, 0.1) is 0 Å². The lowest BCUT2D eigenvalue weighted by Gasteiger charge is -2.37. The van der Waals surface area contributed by atoms with Crippen molar-refractivity contribution in [3.8, 4) is 17.1 Å². The van der Waals surface area contributed by atoms with Crippen molar-refractivity contribution in [1.29, 1.82) is 0 Å². The van der Waals surface area contributed by atoms with Crippen molar-refractivity contribution in [3.63, 3.8) is 0 Å². The summed E-state index contributed by atoms with van der Waals surface area (Å²) < 4.78 is 7.53. The van der Waals surface area contributed by atoms with Gasteiger partial charge in [0.1, 0.15) is 0 Å². The molecule has 0 bridgehead atoms. The highest BCUT2D eigenvalue weighted by molar-refractivity contribution is 7.11. The minimum Gasteiger partial charge on any atom is -0.309 e. The minimum atomic E-state index is 0.00486. The number of para-hydroxylation sites is 4. The van der Waals surface area contributed by atoms with E-state index in [-0.39, 0.29) is 13.4 Å². The van der Waals surface area contributed by atoms with Crippen molar-refractivity contribution in [1.82, 2.24) is 13.7 Å². The Morgan fingerprint density at radius 1 is 0.241 bits per heavy atom. The predicted octanol–water partition coefficient (Wildman–Crippen LogP) is 17.1. The molecule has 10 aromatic carbocycles. The van der Waals surface area contributed by atoms with Crippen LogP contribution >= 0.6 is 0 Å². The standard InChI is InChI=1S/C78H75B2N3/c1-46(2)52-39-61(48(5)6)77(62(40-52)49(7)8)79-67-27-17-18-28-68(67)80(78-63(50(9)10)41-53(47(3)4)42-64(78)51(11)12)70-45-56(33-36-69(70)79)83-75-37-34-54(81-71-29-19-13-23-57(71)58-24-14-20-30-72(58)81)43-65(75)66-44-55(35-38-76(66)83)82-73-31-21-15-25-59(73)60-26-16-22-32-74(60)82/h13-51H,1-12H3. The van der Waals surface area contributed by atoms with Crippen molar-refractivity contribution in [2.24, 2.45) is 0 Å². The van der Waals surface area contributed by atoms with E-state index in [9.17, 15) is 0 Å². The number of fused-ring (bicyclic) bond motifs is 11. The Balaban J connectivity index is 1.09. The van der Waals surface area contributed by atoms with Gasteiger partial charge in [0, 0.05) is 49.4 Å². The van der Waals surface area contributed by atoms with E-state index >= 15 is 0 Å². The molecule has 0 fully saturated rings. The second-order valence-corrected chi connectivity index (χ2v) is 25.9. The molecular formula is C78H75B2N3. The van der Waals surface area contributed by atoms with E-state index in [0.29, 0.717) is 35.5 Å². The van der Waals surface area contributed by atoms with Crippen LogP contribution < -0.4 is 32.8 Å². The van der Waals surface area contributed by atoms with Gasteiger partial charge in [-0.3, -0.25) is 0 Å². The second kappa shape index (κ2) is 20.3. The lowest BCUT2D eigenvalue weighted by atomic mass is 9.20. The Hall–Kier alpha value is -8.27. The van der Waals surface area contributed by atoms with Crippen LogP contribution in [0.3, 0.4) is 0 Å². The fourth-order valence-corrected chi connectivity index (χ4v) is 14.9. The summed E-state index contributed by atoms with van der Waals surface area (Å²) >= 11 is 0. The Bertz CT molecular complexity index is 4390. The van der Waals surface area contributed by atoms with E-state index in [1.54, 1.807) is 0 Å². The monoisotopic (exact) mass is 1080 g/mol. The van der Waals surface area contributed by atoms with Gasteiger partial charge < -0.3 is 13.7 Å². The minimum absolute atomic E-state index is 0.00486. The first kappa shape index (κ1) is 52.8. The molecule has 408 valence electrons. The molecule has 0 spiro atoms. The molecule has 5 heteroatoms. The molecular weight excluding hydrogens is 1000 g/mol. The Morgan fingerprint density at radius 2 is 0.518 bits per heavy atom. The largest absolute Gasteiger partial charge is 0.309 e. The van der Waals surface area contributed by atoms with Gasteiger partial charge in [0.2, 0.25) is 13.4 Å². The maximum absolute atomic E-state index is 2.64. The molecule has 13 aromatic rings. The first-order chi connectivity index (χ1) is 40.2. The van der Waals surface area contributed by atoms with Gasteiger partial charge in [-0.2, -0.15) is 0 Å². The number of aromatic nitrogens is 3. The van der Waals surface area contributed by atoms with E-state index in [2.05, 4.69) is 297 Å². The number of nitrogens with zero attached hydrogens (tertiary/aromatic N) is 3. The molecule has 0 saturated carbocycles. The first-order valence-corrected chi connectivity index (χ1v) is 30.8. The van der Waals surface area contributed by atoms with Gasteiger partial charge in [-0.25, -0.2) is 0 Å². The van der Waals surface area contributed by atoms with Gasteiger partial charge in [0.05, 0.1) is 33.1 Å². The highest BCUT2D eigenvalue weighted by Gasteiger charge is 2.43. The van der Waals surface area contributed by atoms with Crippen LogP contribution in [-0.4, -0.2) is 27.1 Å². The van der Waals surface area contributed by atoms with Crippen molar-refractivity contribution in [2.45, 2.75) is 119 Å². The quantitative estimate of drug-likeness (QED) is 0.115. The van der Waals surface area contributed by atoms with Gasteiger partial charge in [0.25, 0.3) is 0 Å². The Kier molecular flexibility index (Phi) is 12.9. The molecule has 14 rings (SSSR count). The van der Waals surface area contributed by atoms with Gasteiger partial charge in [-0.05, 0) is 142 Å². The second-order valence-electron chi connectivity index (χ2n) is 25.9. The number of hydrogen-bond acceptors (Lipinski definition) is 0. The van der Waals surface area contributed by atoms with Crippen LogP contribution in [0.25, 0.3) is 82.5 Å². The lowest BCUT2D eigenvalue weighted by molar-refractivity contribution is 0.812. The maximum atomic E-state index is 2.64. The molecule has 0 saturated heterocycles. The summed E-state index contributed by atoms with van der Waals surface area (Å²) in [4.78, 5) is 0. The molecule has 0 amide bonds. The van der Waals surface area contributed by atoms with Crippen molar-refractivity contribution in [2.75, 3.05) is 0 Å². The van der Waals surface area contributed by atoms with E-state index in [1.165, 1.54) is 137 Å². The summed E-state index contributed by atoms with van der Waals surface area (Å²) in [6, 6.07) is 77.5. The van der Waals surface area contributed by atoms with E-state index in [4.69, 9.17) is 0 Å². The van der Waals surface area contributed by atoms with Crippen LogP contribution in [0.5, 0.6) is 0 Å². The topological polar surface area (TPSA) is 14.8 Å². The average Bonchev–Trinajstić information content (AvgIpc) is 2.91. The Labute approximate surface area is 491 Å². The van der Waals surface area contributed by atoms with Crippen molar-refractivity contribution >= 4 is 112 Å². The van der Waals surface area contributed by atoms with Crippen LogP contribution in [0.2, 0.25) is 0 Å². The summed E-state index contributed by atoms with van der Waals surface area (Å²) in [5.41, 5.74) is 28.1. The van der Waals surface area contributed by atoms with Crippen LogP contribution in [0.4, 0.5) is 0 Å². The van der Waals surface area contributed by atoms with Crippen LogP contribution in [0.15, 0.2) is 200 Å². The molecule has 0 aliphatic carbocycles. The third kappa shape index (κ3) is 8.30. The zero-order chi connectivity index (χ0) is 57.3. The zero-order valence-corrected chi connectivity index (χ0v) is 50.5. The van der Waals surface area contributed by atoms with Crippen molar-refractivity contribution < 1.29 is 0 Å². The first-order valence-electron chi connectivity index (χ1n) is 30.8. The smallest absolute Gasteiger partial charge is 0.240 e. The molecule has 0 unspecified atom stereocenters. The van der Waals surface area contributed by atoms with E-state index in [0.717, 1.165) is 11.4 Å². The molecule has 1 aliphatic rings. The highest BCUT2D eigenvalue weighted by Crippen LogP contribution is 2.40. The SMILES string of the molecule is CC(C)c1cc(C(C)C)c(B2c3ccccc3B(c3c(C(C)C)cc(C(C)C)cc3C(C)C)c3cc(-n4c5ccc(-n6c7ccccc7c7ccccc76)cc5c5cc(-n6c7ccccc7c7ccccc76)ccc54)ccc32)c(C(C)C)c1. The summed E-state index contributed by atoms with van der Waals surface area (Å²) in [5, 5.41) is 7.50. The number of benzene rings is 10. The number of hydrogen-bond donors (Lipinski definition) is 0. The fraction of sp³-hybridized carbons (Fsp3) is 0.231. The van der Waals surface area contributed by atoms with Gasteiger partial charge >= 0.3 is 0 Å². The van der Waals surface area contributed by atoms with Crippen LogP contribution in [-0.2, 0) is 0 Å². The average molecular weight is 1080 g/mol. The van der Waals surface area contributed by atoms with Crippen LogP contribution in [0.1, 0.15) is 152 Å². The Morgan fingerprint density at radius 3 is 0.855 bits per heavy atom. The third-order valence-corrected chi connectivity index (χ3v) is 18.9. The molecule has 0 radical (unpaired) electrons. The summed E-state index contributed by atoms with van der Waals surface area (Å²) in [6.45, 7) is 28.8. The summed E-state index contributed by atoms with van der Waals surface area (Å²) in [6.07, 6.45) is 0. The normalized spacial score (nSPS) is 12.9. The van der Waals surface area contributed by atoms with Gasteiger partial charge in [-0.1, -0.05) is 243 Å². The third-order valence-electron chi connectivity index (χ3n) is 18.9. The molecule has 1 aliphatic heterocycles. The molecule has 3 nitrogen and oxygen atoms in total. The van der Waals surface area contributed by atoms with Gasteiger partial charge in [-0.15, -0.1) is 0 Å². The van der Waals surface area contributed by atoms with Crippen molar-refractivity contribution in [3.05, 3.63) is 234 Å². The summed E-state index contributed by atoms with van der Waals surface area (Å²) in [7, 11) is 0. The molecule has 0 N–H and O–H groups in total. The number of rotatable bonds is 11. The molecule has 4 heterocycles. The van der Waals surface area contributed by atoms with E-state index < -0.39 is 0 Å². The fourth-order valence-electron chi connectivity index (χ4n) is 14.9. The summed E-state index contributed by atoms with van der Waals surface area (Å²) in [5.74, 6) is 2.18. The molecule has 0 atom stereocenters. The molecule has 83 heavy (non-hydrogen) atoms. The maximum Gasteiger partial charge on any atom is 0.240 e. The lowest BCUT2D eigenvalue weighted by Crippen LogP contribution is -2.76.